The molecule has 252 valence electrons. The third kappa shape index (κ3) is 8.47. The maximum atomic E-state index is 14.3. The van der Waals surface area contributed by atoms with Gasteiger partial charge in [0.15, 0.2) is 0 Å². The average Bonchev–Trinajstić information content (AvgIpc) is 3.01. The predicted molar refractivity (Wildman–Crippen MR) is 180 cm³/mol. The number of benzene rings is 2. The Balaban J connectivity index is 1.58. The number of fused-ring (bicyclic) bond motifs is 4. The molecule has 2 atom stereocenters. The van der Waals surface area contributed by atoms with Crippen LogP contribution in [0.4, 0.5) is 5.95 Å². The lowest BCUT2D eigenvalue weighted by Gasteiger charge is -2.36. The van der Waals surface area contributed by atoms with Gasteiger partial charge in [0.05, 0.1) is 22.7 Å². The Hall–Kier alpha value is -4.03. The molecule has 0 saturated carbocycles. The molecule has 3 aromatic rings. The highest BCUT2D eigenvalue weighted by atomic mass is 32.2. The van der Waals surface area contributed by atoms with E-state index in [2.05, 4.69) is 35.5 Å². The fourth-order valence-electron chi connectivity index (χ4n) is 6.17. The van der Waals surface area contributed by atoms with Crippen molar-refractivity contribution in [3.8, 4) is 17.1 Å². The molecule has 12 heteroatoms. The summed E-state index contributed by atoms with van der Waals surface area (Å²) in [5, 5.41) is 0. The van der Waals surface area contributed by atoms with E-state index in [1.54, 1.807) is 24.1 Å². The first kappa shape index (κ1) is 34.3. The van der Waals surface area contributed by atoms with Gasteiger partial charge in [-0.2, -0.15) is 4.98 Å². The standard InChI is InChI=1S/C35H45N5O6S/c1-23-11-9-12-24(2)32(23)29-18-30-37-34(36-29)38-47(43,44)28-15-10-13-25(17-28)33(42)40(26(22-46-30)19-35(3,4)5)21-31(41)39(6)20-27-14-7-8-16-45-27/h9-13,15,17-18,26-27H,7-8,14,16,19-22H2,1-6H3,(H,36,37,38)/t26-,27?/m1/s1. The predicted octanol–water partition coefficient (Wildman–Crippen LogP) is 5.23. The Kier molecular flexibility index (Phi) is 10.2. The highest BCUT2D eigenvalue weighted by Crippen LogP contribution is 2.31. The van der Waals surface area contributed by atoms with Crippen molar-refractivity contribution in [2.45, 2.75) is 77.3 Å². The minimum Gasteiger partial charge on any atom is -0.475 e. The monoisotopic (exact) mass is 663 g/mol. The van der Waals surface area contributed by atoms with E-state index in [-0.39, 0.29) is 52.9 Å². The van der Waals surface area contributed by atoms with Crippen molar-refractivity contribution in [3.05, 3.63) is 65.2 Å². The summed E-state index contributed by atoms with van der Waals surface area (Å²) in [5.74, 6) is -0.723. The Morgan fingerprint density at radius 1 is 1.06 bits per heavy atom. The smallest absolute Gasteiger partial charge is 0.264 e. The molecule has 1 fully saturated rings. The Labute approximate surface area is 277 Å². The first-order valence-corrected chi connectivity index (χ1v) is 17.6. The Bertz CT molecular complexity index is 1710. The maximum Gasteiger partial charge on any atom is 0.264 e. The molecule has 2 aromatic carbocycles. The molecule has 2 aliphatic heterocycles. The van der Waals surface area contributed by atoms with Crippen LogP contribution in [-0.4, -0.2) is 85.5 Å². The molecule has 1 saturated heterocycles. The van der Waals surface area contributed by atoms with Crippen LogP contribution in [0.2, 0.25) is 0 Å². The van der Waals surface area contributed by atoms with Gasteiger partial charge in [0.2, 0.25) is 17.7 Å². The molecule has 5 rings (SSSR count). The number of ether oxygens (including phenoxy) is 2. The first-order valence-electron chi connectivity index (χ1n) is 16.1. The maximum absolute atomic E-state index is 14.3. The largest absolute Gasteiger partial charge is 0.475 e. The SMILES string of the molecule is Cc1cccc(C)c1-c1cc2nc(n1)NS(=O)(=O)c1cccc(c1)C(=O)N(CC(=O)N(C)CC1CCCCO1)[C@H](CC(C)(C)C)CO2. The molecule has 47 heavy (non-hydrogen) atoms. The van der Waals surface area contributed by atoms with E-state index in [4.69, 9.17) is 9.47 Å². The van der Waals surface area contributed by atoms with Crippen molar-refractivity contribution in [3.63, 3.8) is 0 Å². The summed E-state index contributed by atoms with van der Waals surface area (Å²) in [7, 11) is -2.49. The number of nitrogens with zero attached hydrogens (tertiary/aromatic N) is 4. The molecule has 4 bridgehead atoms. The highest BCUT2D eigenvalue weighted by molar-refractivity contribution is 7.92. The highest BCUT2D eigenvalue weighted by Gasteiger charge is 2.33. The number of likely N-dealkylation sites (N-methyl/N-ethyl adjacent to an activating group) is 1. The number of rotatable bonds is 6. The summed E-state index contributed by atoms with van der Waals surface area (Å²) in [6.45, 7) is 11.0. The fraction of sp³-hybridized carbons (Fsp3) is 0.486. The summed E-state index contributed by atoms with van der Waals surface area (Å²) < 4.78 is 41.9. The molecule has 1 aromatic heterocycles. The zero-order valence-corrected chi connectivity index (χ0v) is 28.9. The molecular weight excluding hydrogens is 618 g/mol. The minimum absolute atomic E-state index is 0.0147. The molecule has 3 heterocycles. The Morgan fingerprint density at radius 2 is 1.79 bits per heavy atom. The van der Waals surface area contributed by atoms with E-state index in [0.717, 1.165) is 36.0 Å². The number of aryl methyl sites for hydroxylation is 2. The van der Waals surface area contributed by atoms with E-state index >= 15 is 0 Å². The van der Waals surface area contributed by atoms with Crippen molar-refractivity contribution in [2.24, 2.45) is 5.41 Å². The summed E-state index contributed by atoms with van der Waals surface area (Å²) in [5.41, 5.74) is 3.13. The number of carbonyl (C=O) groups excluding carboxylic acids is 2. The van der Waals surface area contributed by atoms with Gasteiger partial charge in [0.25, 0.3) is 15.9 Å². The zero-order chi connectivity index (χ0) is 33.9. The normalized spacial score (nSPS) is 19.8. The van der Waals surface area contributed by atoms with Gasteiger partial charge >= 0.3 is 0 Å². The van der Waals surface area contributed by atoms with Crippen LogP contribution < -0.4 is 9.46 Å². The molecule has 0 spiro atoms. The van der Waals surface area contributed by atoms with E-state index in [9.17, 15) is 18.0 Å². The number of amides is 2. The van der Waals surface area contributed by atoms with Crippen molar-refractivity contribution in [2.75, 3.05) is 38.1 Å². The molecule has 0 radical (unpaired) electrons. The van der Waals surface area contributed by atoms with Gasteiger partial charge in [-0.25, -0.2) is 18.1 Å². The van der Waals surface area contributed by atoms with Crippen LogP contribution in [0.15, 0.2) is 53.4 Å². The van der Waals surface area contributed by atoms with Gasteiger partial charge in [-0.05, 0) is 74.3 Å². The number of aromatic nitrogens is 2. The minimum atomic E-state index is -4.20. The van der Waals surface area contributed by atoms with Gasteiger partial charge in [-0.3, -0.25) is 9.59 Å². The number of sulfonamides is 1. The van der Waals surface area contributed by atoms with Gasteiger partial charge in [0.1, 0.15) is 13.2 Å². The summed E-state index contributed by atoms with van der Waals surface area (Å²) in [6, 6.07) is 12.8. The second-order valence-corrected chi connectivity index (χ2v) is 15.4. The summed E-state index contributed by atoms with van der Waals surface area (Å²) in [4.78, 5) is 40.0. The topological polar surface area (TPSA) is 131 Å². The summed E-state index contributed by atoms with van der Waals surface area (Å²) in [6.07, 6.45) is 3.38. The van der Waals surface area contributed by atoms with Gasteiger partial charge in [0, 0.05) is 37.4 Å². The van der Waals surface area contributed by atoms with E-state index in [1.165, 1.54) is 23.1 Å². The molecule has 2 amide bonds. The molecule has 1 unspecified atom stereocenters. The molecule has 2 aliphatic rings. The van der Waals surface area contributed by atoms with Gasteiger partial charge in [-0.15, -0.1) is 0 Å². The lowest BCUT2D eigenvalue weighted by atomic mass is 9.87. The number of hydrogen-bond acceptors (Lipinski definition) is 8. The van der Waals surface area contributed by atoms with Crippen LogP contribution in [0.3, 0.4) is 0 Å². The van der Waals surface area contributed by atoms with Crippen LogP contribution in [0.25, 0.3) is 11.3 Å². The number of carbonyl (C=O) groups is 2. The second-order valence-electron chi connectivity index (χ2n) is 13.7. The molecule has 11 nitrogen and oxygen atoms in total. The summed E-state index contributed by atoms with van der Waals surface area (Å²) >= 11 is 0. The molecular formula is C35H45N5O6S. The van der Waals surface area contributed by atoms with E-state index in [1.807, 2.05) is 32.0 Å². The van der Waals surface area contributed by atoms with Crippen LogP contribution in [0, 0.1) is 19.3 Å². The van der Waals surface area contributed by atoms with Crippen LogP contribution >= 0.6 is 0 Å². The molecule has 0 aliphatic carbocycles. The van der Waals surface area contributed by atoms with Crippen LogP contribution in [0.5, 0.6) is 5.88 Å². The van der Waals surface area contributed by atoms with Crippen molar-refractivity contribution >= 4 is 27.8 Å². The average molecular weight is 664 g/mol. The van der Waals surface area contributed by atoms with Crippen LogP contribution in [0.1, 0.15) is 67.9 Å². The van der Waals surface area contributed by atoms with E-state index in [0.29, 0.717) is 25.3 Å². The van der Waals surface area contributed by atoms with Crippen molar-refractivity contribution in [1.82, 2.24) is 19.8 Å². The third-order valence-electron chi connectivity index (χ3n) is 8.51. The fourth-order valence-corrected chi connectivity index (χ4v) is 7.16. The van der Waals surface area contributed by atoms with Crippen molar-refractivity contribution in [1.29, 1.82) is 0 Å². The van der Waals surface area contributed by atoms with Gasteiger partial charge < -0.3 is 19.3 Å². The lowest BCUT2D eigenvalue weighted by molar-refractivity contribution is -0.133. The number of nitrogens with one attached hydrogen (secondary N) is 1. The van der Waals surface area contributed by atoms with E-state index < -0.39 is 22.0 Å². The number of hydrogen-bond donors (Lipinski definition) is 1. The zero-order valence-electron chi connectivity index (χ0n) is 28.1. The van der Waals surface area contributed by atoms with Crippen LogP contribution in [-0.2, 0) is 19.6 Å². The number of anilines is 1. The quantitative estimate of drug-likeness (QED) is 0.380. The third-order valence-corrected chi connectivity index (χ3v) is 9.84. The second kappa shape index (κ2) is 14.0. The first-order chi connectivity index (χ1) is 22.2. The Morgan fingerprint density at radius 3 is 2.47 bits per heavy atom. The van der Waals surface area contributed by atoms with Gasteiger partial charge in [-0.1, -0.05) is 45.0 Å². The lowest BCUT2D eigenvalue weighted by Crippen LogP contribution is -2.51. The van der Waals surface area contributed by atoms with Crippen molar-refractivity contribution < 1.29 is 27.5 Å². The molecule has 1 N–H and O–H groups in total.